The second kappa shape index (κ2) is 7.69. The van der Waals surface area contributed by atoms with Crippen LogP contribution in [0.3, 0.4) is 0 Å². The van der Waals surface area contributed by atoms with E-state index >= 15 is 0 Å². The second-order valence-corrected chi connectivity index (χ2v) is 7.09. The summed E-state index contributed by atoms with van der Waals surface area (Å²) in [5.74, 6) is -1.06. The molecule has 0 unspecified atom stereocenters. The smallest absolute Gasteiger partial charge is 0.293 e. The first-order valence-corrected chi connectivity index (χ1v) is 9.24. The van der Waals surface area contributed by atoms with Crippen LogP contribution in [-0.2, 0) is 19.0 Å². The van der Waals surface area contributed by atoms with E-state index in [2.05, 4.69) is 4.98 Å². The number of nitriles is 1. The summed E-state index contributed by atoms with van der Waals surface area (Å²) in [6, 6.07) is 6.52. The van der Waals surface area contributed by atoms with Crippen LogP contribution in [0.25, 0.3) is 0 Å². The number of alkyl halides is 3. The molecular formula is C19H14F4N2OS. The number of aryl methyl sites for hydroxylation is 1. The molecule has 0 spiro atoms. The quantitative estimate of drug-likeness (QED) is 0.418. The number of nitrogens with zero attached hydrogens (tertiary/aromatic N) is 2. The predicted octanol–water partition coefficient (Wildman–Crippen LogP) is 4.96. The third-order valence-electron chi connectivity index (χ3n) is 4.34. The van der Waals surface area contributed by atoms with Gasteiger partial charge in [-0.05, 0) is 55.5 Å². The van der Waals surface area contributed by atoms with E-state index in [1.165, 1.54) is 12.1 Å². The van der Waals surface area contributed by atoms with Gasteiger partial charge in [-0.3, -0.25) is 4.79 Å². The Morgan fingerprint density at radius 3 is 2.48 bits per heavy atom. The Labute approximate surface area is 157 Å². The maximum atomic E-state index is 13.6. The number of thioether (sulfide) groups is 1. The van der Waals surface area contributed by atoms with Gasteiger partial charge in [0.25, 0.3) is 0 Å². The highest BCUT2D eigenvalue weighted by Crippen LogP contribution is 2.41. The average molecular weight is 394 g/mol. The van der Waals surface area contributed by atoms with E-state index in [1.54, 1.807) is 6.07 Å². The molecule has 0 atom stereocenters. The van der Waals surface area contributed by atoms with Gasteiger partial charge >= 0.3 is 6.18 Å². The molecule has 1 aliphatic carbocycles. The molecule has 3 nitrogen and oxygen atoms in total. The van der Waals surface area contributed by atoms with E-state index in [-0.39, 0.29) is 34.1 Å². The molecule has 0 aliphatic heterocycles. The van der Waals surface area contributed by atoms with Gasteiger partial charge in [-0.1, -0.05) is 11.8 Å². The highest BCUT2D eigenvalue weighted by atomic mass is 32.2. The lowest BCUT2D eigenvalue weighted by Crippen LogP contribution is -2.19. The summed E-state index contributed by atoms with van der Waals surface area (Å²) in [5, 5.41) is 9.26. The van der Waals surface area contributed by atoms with Gasteiger partial charge < -0.3 is 0 Å². The minimum Gasteiger partial charge on any atom is -0.293 e. The lowest BCUT2D eigenvalue weighted by atomic mass is 9.90. The van der Waals surface area contributed by atoms with E-state index < -0.39 is 23.1 Å². The fraction of sp³-hybridized carbons (Fsp3) is 0.316. The van der Waals surface area contributed by atoms with Crippen molar-refractivity contribution in [1.82, 2.24) is 4.98 Å². The molecule has 140 valence electrons. The normalized spacial score (nSPS) is 13.7. The van der Waals surface area contributed by atoms with Crippen molar-refractivity contribution >= 4 is 17.5 Å². The molecular weight excluding hydrogens is 380 g/mol. The topological polar surface area (TPSA) is 53.8 Å². The molecule has 0 fully saturated rings. The highest BCUT2D eigenvalue weighted by molar-refractivity contribution is 8.00. The Hall–Kier alpha value is -2.40. The lowest BCUT2D eigenvalue weighted by Gasteiger charge is -2.22. The van der Waals surface area contributed by atoms with Crippen LogP contribution in [0.15, 0.2) is 29.3 Å². The Morgan fingerprint density at radius 1 is 1.19 bits per heavy atom. The number of fused-ring (bicyclic) bond motifs is 1. The van der Waals surface area contributed by atoms with Crippen LogP contribution in [0.5, 0.6) is 0 Å². The van der Waals surface area contributed by atoms with Crippen molar-refractivity contribution in [2.24, 2.45) is 0 Å². The summed E-state index contributed by atoms with van der Waals surface area (Å²) >= 11 is 0.805. The molecule has 0 bridgehead atoms. The minimum atomic E-state index is -4.66. The zero-order valence-electron chi connectivity index (χ0n) is 14.1. The van der Waals surface area contributed by atoms with Gasteiger partial charge in [0, 0.05) is 11.3 Å². The van der Waals surface area contributed by atoms with Gasteiger partial charge in [-0.25, -0.2) is 9.37 Å². The van der Waals surface area contributed by atoms with Crippen molar-refractivity contribution in [2.45, 2.75) is 36.9 Å². The Morgan fingerprint density at radius 2 is 1.85 bits per heavy atom. The number of carbonyl (C=O) groups is 1. The van der Waals surface area contributed by atoms with Crippen molar-refractivity contribution in [2.75, 3.05) is 5.75 Å². The molecule has 8 heteroatoms. The first kappa shape index (κ1) is 19.4. The van der Waals surface area contributed by atoms with Crippen molar-refractivity contribution in [1.29, 1.82) is 5.26 Å². The van der Waals surface area contributed by atoms with Gasteiger partial charge in [0.15, 0.2) is 5.78 Å². The molecule has 0 amide bonds. The summed E-state index contributed by atoms with van der Waals surface area (Å²) in [6.07, 6.45) is -2.64. The van der Waals surface area contributed by atoms with Crippen LogP contribution in [-0.4, -0.2) is 16.5 Å². The molecule has 0 saturated heterocycles. The fourth-order valence-electron chi connectivity index (χ4n) is 3.09. The zero-order chi connectivity index (χ0) is 19.6. The van der Waals surface area contributed by atoms with Crippen LogP contribution in [0.1, 0.15) is 45.6 Å². The first-order valence-electron chi connectivity index (χ1n) is 8.26. The van der Waals surface area contributed by atoms with E-state index in [0.29, 0.717) is 18.5 Å². The number of rotatable bonds is 4. The van der Waals surface area contributed by atoms with E-state index in [4.69, 9.17) is 0 Å². The number of hydrogen-bond acceptors (Lipinski definition) is 4. The molecule has 2 aromatic rings. The van der Waals surface area contributed by atoms with E-state index in [1.807, 2.05) is 0 Å². The predicted molar refractivity (Wildman–Crippen MR) is 92.1 cm³/mol. The van der Waals surface area contributed by atoms with Crippen molar-refractivity contribution in [3.8, 4) is 6.07 Å². The van der Waals surface area contributed by atoms with Gasteiger partial charge in [0.2, 0.25) is 0 Å². The third-order valence-corrected chi connectivity index (χ3v) is 5.32. The highest BCUT2D eigenvalue weighted by Gasteiger charge is 2.40. The summed E-state index contributed by atoms with van der Waals surface area (Å²) in [5.41, 5.74) is -0.758. The Kier molecular flexibility index (Phi) is 5.51. The molecule has 0 N–H and O–H groups in total. The number of aromatic nitrogens is 1. The molecule has 3 rings (SSSR count). The van der Waals surface area contributed by atoms with Gasteiger partial charge in [-0.15, -0.1) is 0 Å². The number of ketones is 1. The van der Waals surface area contributed by atoms with Crippen LogP contribution < -0.4 is 0 Å². The van der Waals surface area contributed by atoms with Crippen LogP contribution in [0, 0.1) is 17.1 Å². The van der Waals surface area contributed by atoms with E-state index in [9.17, 15) is 27.6 Å². The fourth-order valence-corrected chi connectivity index (χ4v) is 3.99. The van der Waals surface area contributed by atoms with E-state index in [0.717, 1.165) is 30.3 Å². The molecule has 1 aromatic heterocycles. The van der Waals surface area contributed by atoms with Gasteiger partial charge in [0.1, 0.15) is 16.9 Å². The average Bonchev–Trinajstić information content (AvgIpc) is 2.64. The monoisotopic (exact) mass is 394 g/mol. The second-order valence-electron chi connectivity index (χ2n) is 6.13. The summed E-state index contributed by atoms with van der Waals surface area (Å²) in [4.78, 5) is 16.5. The van der Waals surface area contributed by atoms with Crippen molar-refractivity contribution in [3.63, 3.8) is 0 Å². The Balaban J connectivity index is 1.94. The molecule has 0 radical (unpaired) electrons. The molecule has 1 heterocycles. The van der Waals surface area contributed by atoms with Crippen LogP contribution in [0.4, 0.5) is 17.6 Å². The molecule has 0 saturated carbocycles. The van der Waals surface area contributed by atoms with Crippen LogP contribution >= 0.6 is 11.8 Å². The molecule has 27 heavy (non-hydrogen) atoms. The number of hydrogen-bond donors (Lipinski definition) is 0. The number of carbonyl (C=O) groups excluding carboxylic acids is 1. The summed E-state index contributed by atoms with van der Waals surface area (Å²) in [7, 11) is 0. The SMILES string of the molecule is N#Cc1c(SCC(=O)c2ccc(F)cc2)nc2c(c1C(F)(F)F)CCCC2. The zero-order valence-corrected chi connectivity index (χ0v) is 14.9. The van der Waals surface area contributed by atoms with Gasteiger partial charge in [-0.2, -0.15) is 18.4 Å². The summed E-state index contributed by atoms with van der Waals surface area (Å²) in [6.45, 7) is 0. The Bertz CT molecular complexity index is 917. The van der Waals surface area contributed by atoms with Crippen molar-refractivity contribution in [3.05, 3.63) is 58.0 Å². The van der Waals surface area contributed by atoms with Crippen LogP contribution in [0.2, 0.25) is 0 Å². The number of Topliss-reactive ketones (excluding diaryl/α,β-unsaturated/α-hetero) is 1. The number of pyridine rings is 1. The largest absolute Gasteiger partial charge is 0.418 e. The summed E-state index contributed by atoms with van der Waals surface area (Å²) < 4.78 is 53.8. The first-order chi connectivity index (χ1) is 12.8. The maximum Gasteiger partial charge on any atom is 0.418 e. The number of halogens is 4. The third kappa shape index (κ3) is 4.14. The minimum absolute atomic E-state index is 0.0825. The standard InChI is InChI=1S/C19H14F4N2OS/c20-12-7-5-11(6-8-12)16(26)10-27-18-14(9-24)17(19(21,22)23)13-3-1-2-4-15(13)25-18/h5-8H,1-4,10H2. The molecule has 1 aromatic carbocycles. The van der Waals surface area contributed by atoms with Gasteiger partial charge in [0.05, 0.1) is 16.9 Å². The molecule has 1 aliphatic rings. The van der Waals surface area contributed by atoms with Crippen molar-refractivity contribution < 1.29 is 22.4 Å². The maximum absolute atomic E-state index is 13.6. The number of benzene rings is 1. The lowest BCUT2D eigenvalue weighted by molar-refractivity contribution is -0.138.